The number of rotatable bonds is 16. The number of benzene rings is 14. The molecule has 2 aliphatic rings. The second-order valence-electron chi connectivity index (χ2n) is 24.9. The Morgan fingerprint density at radius 1 is 0.283 bits per heavy atom. The van der Waals surface area contributed by atoms with Crippen molar-refractivity contribution in [1.82, 2.24) is 0 Å². The number of hydrogen-bond donors (Lipinski definition) is 0. The van der Waals surface area contributed by atoms with E-state index in [1.54, 1.807) is 35.6 Å². The SMILES string of the molecule is C=Cc1ccc(Oc2ccc(C3(c4ccccc4)c4ccccc4-c4ccc(N(c5ccc(F)c(F)c5)c5ccc6c(c5)sc5cc(N(c7ccc(F)c(F)c7)c7ccc8c(c7)C(c7ccccc7)(c7ccc(Oc9ccc(C=C)cc9)cc7)c7ccccc7-8)ccc56)cc43)cc2)cc1. The summed E-state index contributed by atoms with van der Waals surface area (Å²) in [6.45, 7) is 7.79. The first kappa shape index (κ1) is 60.4. The lowest BCUT2D eigenvalue weighted by Crippen LogP contribution is -2.28. The van der Waals surface area contributed by atoms with Crippen molar-refractivity contribution in [2.75, 3.05) is 9.80 Å². The van der Waals surface area contributed by atoms with E-state index < -0.39 is 34.1 Å². The van der Waals surface area contributed by atoms with Crippen LogP contribution in [0.25, 0.3) is 54.6 Å². The summed E-state index contributed by atoms with van der Waals surface area (Å²) < 4.78 is 76.7. The first-order valence-electron chi connectivity index (χ1n) is 32.7. The highest BCUT2D eigenvalue weighted by Crippen LogP contribution is 2.60. The molecule has 0 N–H and O–H groups in total. The molecule has 0 radical (unpaired) electrons. The van der Waals surface area contributed by atoms with Crippen LogP contribution in [0.3, 0.4) is 0 Å². The highest BCUT2D eigenvalue weighted by atomic mass is 32.1. The van der Waals surface area contributed by atoms with Crippen LogP contribution in [0.2, 0.25) is 0 Å². The molecule has 2 aliphatic carbocycles. The third kappa shape index (κ3) is 10.1. The molecule has 9 heteroatoms. The third-order valence-corrected chi connectivity index (χ3v) is 20.7. The fourth-order valence-corrected chi connectivity index (χ4v) is 16.3. The van der Waals surface area contributed by atoms with Gasteiger partial charge in [-0.2, -0.15) is 0 Å². The smallest absolute Gasteiger partial charge is 0.160 e. The van der Waals surface area contributed by atoms with Gasteiger partial charge in [0.1, 0.15) is 23.0 Å². The minimum atomic E-state index is -0.977. The fraction of sp³-hybridized carbons (Fsp3) is 0.0222. The fourth-order valence-electron chi connectivity index (χ4n) is 15.1. The Hall–Kier alpha value is -12.3. The summed E-state index contributed by atoms with van der Waals surface area (Å²) in [6.07, 6.45) is 3.60. The summed E-state index contributed by atoms with van der Waals surface area (Å²) in [6, 6.07) is 103. The summed E-state index contributed by atoms with van der Waals surface area (Å²) in [5.41, 5.74) is 16.7. The molecule has 1 aromatic heterocycles. The van der Waals surface area contributed by atoms with Crippen LogP contribution in [-0.2, 0) is 10.8 Å². The van der Waals surface area contributed by atoms with E-state index in [0.717, 1.165) is 109 Å². The van der Waals surface area contributed by atoms with Crippen LogP contribution >= 0.6 is 11.3 Å². The van der Waals surface area contributed by atoms with E-state index >= 15 is 17.6 Å². The van der Waals surface area contributed by atoms with E-state index in [9.17, 15) is 0 Å². The Morgan fingerprint density at radius 3 is 0.980 bits per heavy atom. The summed E-state index contributed by atoms with van der Waals surface area (Å²) >= 11 is 1.59. The zero-order chi connectivity index (χ0) is 66.9. The largest absolute Gasteiger partial charge is 0.457 e. The van der Waals surface area contributed by atoms with E-state index in [1.807, 2.05) is 107 Å². The van der Waals surface area contributed by atoms with Gasteiger partial charge in [0.15, 0.2) is 23.3 Å². The van der Waals surface area contributed by atoms with Gasteiger partial charge in [0.05, 0.1) is 10.8 Å². The second-order valence-corrected chi connectivity index (χ2v) is 26.0. The minimum Gasteiger partial charge on any atom is -0.457 e. The van der Waals surface area contributed by atoms with Crippen LogP contribution in [0, 0.1) is 23.3 Å². The van der Waals surface area contributed by atoms with Crippen molar-refractivity contribution in [3.8, 4) is 45.3 Å². The van der Waals surface area contributed by atoms with Crippen molar-refractivity contribution < 1.29 is 27.0 Å². The molecule has 0 fully saturated rings. The number of ether oxygens (including phenoxy) is 2. The highest BCUT2D eigenvalue weighted by molar-refractivity contribution is 7.25. The normalized spacial score (nSPS) is 14.8. The van der Waals surface area contributed by atoms with Gasteiger partial charge in [0.2, 0.25) is 0 Å². The molecule has 1 heterocycles. The van der Waals surface area contributed by atoms with Gasteiger partial charge >= 0.3 is 0 Å². The molecule has 15 aromatic rings. The maximum absolute atomic E-state index is 15.9. The maximum atomic E-state index is 15.9. The lowest BCUT2D eigenvalue weighted by molar-refractivity contribution is 0.482. The molecule has 17 rings (SSSR count). The van der Waals surface area contributed by atoms with E-state index in [0.29, 0.717) is 45.7 Å². The van der Waals surface area contributed by atoms with Crippen molar-refractivity contribution >= 4 is 77.8 Å². The molecule has 0 amide bonds. The van der Waals surface area contributed by atoms with Crippen molar-refractivity contribution in [1.29, 1.82) is 0 Å². The Morgan fingerprint density at radius 2 is 0.596 bits per heavy atom. The van der Waals surface area contributed by atoms with Crippen molar-refractivity contribution in [2.45, 2.75) is 10.8 Å². The number of thiophene rings is 1. The zero-order valence-corrected chi connectivity index (χ0v) is 54.0. The lowest BCUT2D eigenvalue weighted by atomic mass is 9.67. The minimum absolute atomic E-state index is 0.424. The lowest BCUT2D eigenvalue weighted by Gasteiger charge is -2.35. The summed E-state index contributed by atoms with van der Waals surface area (Å²) in [5.74, 6) is -1.09. The quantitative estimate of drug-likeness (QED) is 0.0900. The summed E-state index contributed by atoms with van der Waals surface area (Å²) in [5, 5.41) is 1.96. The third-order valence-electron chi connectivity index (χ3n) is 19.5. The summed E-state index contributed by atoms with van der Waals surface area (Å²) in [4.78, 5) is 3.98. The van der Waals surface area contributed by atoms with Crippen molar-refractivity contribution in [2.24, 2.45) is 0 Å². The molecular weight excluding hydrogens is 1250 g/mol. The Bertz CT molecular complexity index is 5310. The Labute approximate surface area is 574 Å². The van der Waals surface area contributed by atoms with Gasteiger partial charge in [-0.3, -0.25) is 0 Å². The highest BCUT2D eigenvalue weighted by Gasteiger charge is 2.48. The molecule has 0 aliphatic heterocycles. The van der Waals surface area contributed by atoms with E-state index in [1.165, 1.54) is 24.3 Å². The average molecular weight is 1310 g/mol. The molecular formula is C90H58F4N2O2S. The molecule has 0 saturated carbocycles. The number of fused-ring (bicyclic) bond motifs is 9. The average Bonchev–Trinajstić information content (AvgIpc) is 1.55. The number of nitrogens with zero attached hydrogens (tertiary/aromatic N) is 2. The van der Waals surface area contributed by atoms with Crippen molar-refractivity contribution in [3.63, 3.8) is 0 Å². The maximum Gasteiger partial charge on any atom is 0.160 e. The second kappa shape index (κ2) is 24.4. The van der Waals surface area contributed by atoms with Crippen molar-refractivity contribution in [3.05, 3.63) is 408 Å². The van der Waals surface area contributed by atoms with Gasteiger partial charge in [0, 0.05) is 66.4 Å². The molecule has 2 atom stereocenters. The zero-order valence-electron chi connectivity index (χ0n) is 53.2. The van der Waals surface area contributed by atoms with Gasteiger partial charge < -0.3 is 19.3 Å². The van der Waals surface area contributed by atoms with Gasteiger partial charge in [-0.05, 0) is 199 Å². The van der Waals surface area contributed by atoms with Crippen LogP contribution in [0.15, 0.2) is 329 Å². The van der Waals surface area contributed by atoms with Crippen LogP contribution in [0.4, 0.5) is 51.7 Å². The molecule has 0 spiro atoms. The Balaban J connectivity index is 0.788. The van der Waals surface area contributed by atoms with Crippen LogP contribution in [0.1, 0.15) is 55.6 Å². The molecule has 474 valence electrons. The van der Waals surface area contributed by atoms with Crippen LogP contribution in [-0.4, -0.2) is 0 Å². The standard InChI is InChI=1S/C90H58F4N2O2S/c1-3-57-23-37-69(38-24-57)97-71-41-27-61(28-42-71)89(59-15-7-5-8-16-59)79-21-13-11-19-73(79)75-45-31-63(51-81(75)89)95(65-35-49-83(91)85(93)53-65)67-33-47-77-78-48-34-68(56-88(78)99-87(77)55-67)96(66-36-50-84(92)86(94)54-66)64-32-46-76-74-20-12-14-22-80(74)90(82(76)52-64,60-17-9-6-10-18-60)62-29-43-72(44-30-62)98-70-39-25-58(4-2)26-40-70/h3-56H,1-2H2. The van der Waals surface area contributed by atoms with E-state index in [4.69, 9.17) is 9.47 Å². The van der Waals surface area contributed by atoms with Crippen LogP contribution in [0.5, 0.6) is 23.0 Å². The van der Waals surface area contributed by atoms with Gasteiger partial charge in [0.25, 0.3) is 0 Å². The Kier molecular flexibility index (Phi) is 14.9. The van der Waals surface area contributed by atoms with E-state index in [-0.39, 0.29) is 0 Å². The summed E-state index contributed by atoms with van der Waals surface area (Å²) in [7, 11) is 0. The number of hydrogen-bond acceptors (Lipinski definition) is 5. The monoisotopic (exact) mass is 1310 g/mol. The van der Waals surface area contributed by atoms with Gasteiger partial charge in [-0.15, -0.1) is 11.3 Å². The van der Waals surface area contributed by atoms with Crippen LogP contribution < -0.4 is 19.3 Å². The molecule has 14 aromatic carbocycles. The molecule has 0 saturated heterocycles. The predicted octanol–water partition coefficient (Wildman–Crippen LogP) is 25.1. The topological polar surface area (TPSA) is 24.9 Å². The number of anilines is 6. The molecule has 99 heavy (non-hydrogen) atoms. The first-order valence-corrected chi connectivity index (χ1v) is 33.5. The van der Waals surface area contributed by atoms with Gasteiger partial charge in [-0.1, -0.05) is 207 Å². The molecule has 0 bridgehead atoms. The van der Waals surface area contributed by atoms with Gasteiger partial charge in [-0.25, -0.2) is 17.6 Å². The molecule has 4 nitrogen and oxygen atoms in total. The predicted molar refractivity (Wildman–Crippen MR) is 396 cm³/mol. The molecule has 2 unspecified atom stereocenters. The first-order chi connectivity index (χ1) is 48.6. The van der Waals surface area contributed by atoms with E-state index in [2.05, 4.69) is 195 Å². The number of halogens is 4.